The maximum absolute atomic E-state index is 12.8. The van der Waals surface area contributed by atoms with Crippen molar-refractivity contribution in [2.75, 3.05) is 6.54 Å². The van der Waals surface area contributed by atoms with Gasteiger partial charge in [-0.2, -0.15) is 0 Å². The van der Waals surface area contributed by atoms with E-state index in [9.17, 15) is 14.4 Å². The Labute approximate surface area is 159 Å². The minimum atomic E-state index is -0.391. The van der Waals surface area contributed by atoms with Gasteiger partial charge in [0.25, 0.3) is 11.1 Å². The number of aryl methyl sites for hydroxylation is 1. The van der Waals surface area contributed by atoms with Crippen LogP contribution in [0.25, 0.3) is 6.08 Å². The molecule has 2 aromatic heterocycles. The molecule has 0 aromatic carbocycles. The summed E-state index contributed by atoms with van der Waals surface area (Å²) >= 11 is 2.39. The molecule has 5 nitrogen and oxygen atoms in total. The molecule has 0 atom stereocenters. The van der Waals surface area contributed by atoms with Crippen LogP contribution in [0.2, 0.25) is 0 Å². The molecule has 3 heterocycles. The smallest absolute Gasteiger partial charge is 0.293 e. The number of Topliss-reactive ketones (excluding diaryl/α,β-unsaturated/α-hetero) is 1. The molecule has 2 aliphatic rings. The highest BCUT2D eigenvalue weighted by Gasteiger charge is 2.37. The van der Waals surface area contributed by atoms with Crippen LogP contribution in [-0.4, -0.2) is 32.9 Å². The molecule has 2 amide bonds. The fraction of sp³-hybridized carbons (Fsp3) is 0.316. The van der Waals surface area contributed by atoms with Gasteiger partial charge in [0.1, 0.15) is 0 Å². The van der Waals surface area contributed by atoms with Gasteiger partial charge in [0.05, 0.1) is 11.4 Å². The molecule has 2 fully saturated rings. The summed E-state index contributed by atoms with van der Waals surface area (Å²) < 4.78 is 2.19. The summed E-state index contributed by atoms with van der Waals surface area (Å²) in [4.78, 5) is 39.9. The first-order valence-corrected chi connectivity index (χ1v) is 10.2. The third kappa shape index (κ3) is 3.05. The molecule has 4 rings (SSSR count). The third-order valence-electron chi connectivity index (χ3n) is 4.69. The van der Waals surface area contributed by atoms with Crippen LogP contribution in [0.1, 0.15) is 45.5 Å². The number of ketones is 1. The first-order valence-electron chi connectivity index (χ1n) is 8.46. The lowest BCUT2D eigenvalue weighted by molar-refractivity contribution is -0.122. The van der Waals surface area contributed by atoms with Crippen molar-refractivity contribution in [2.45, 2.75) is 32.7 Å². The van der Waals surface area contributed by atoms with Crippen LogP contribution < -0.4 is 0 Å². The zero-order chi connectivity index (χ0) is 18.4. The number of thiophene rings is 1. The van der Waals surface area contributed by atoms with Gasteiger partial charge < -0.3 is 4.57 Å². The maximum atomic E-state index is 12.8. The third-order valence-corrected chi connectivity index (χ3v) is 6.42. The number of thioether (sulfide) groups is 1. The highest BCUT2D eigenvalue weighted by atomic mass is 32.2. The molecular formula is C19H18N2O3S2. The van der Waals surface area contributed by atoms with Gasteiger partial charge in [-0.1, -0.05) is 6.07 Å². The Morgan fingerprint density at radius 3 is 2.73 bits per heavy atom. The normalized spacial score (nSPS) is 19.0. The van der Waals surface area contributed by atoms with Gasteiger partial charge in [0, 0.05) is 27.9 Å². The molecule has 1 saturated carbocycles. The second kappa shape index (κ2) is 6.55. The molecule has 0 radical (unpaired) electrons. The average Bonchev–Trinajstić information content (AvgIpc) is 3.11. The summed E-state index contributed by atoms with van der Waals surface area (Å²) in [6, 6.07) is 6.13. The lowest BCUT2D eigenvalue weighted by Gasteiger charge is -2.12. The van der Waals surface area contributed by atoms with E-state index < -0.39 is 5.91 Å². The summed E-state index contributed by atoms with van der Waals surface area (Å²) in [5.41, 5.74) is 2.59. The topological polar surface area (TPSA) is 59.4 Å². The molecular weight excluding hydrogens is 368 g/mol. The van der Waals surface area contributed by atoms with Crippen LogP contribution >= 0.6 is 23.1 Å². The quantitative estimate of drug-likeness (QED) is 0.564. The molecule has 7 heteroatoms. The number of rotatable bonds is 5. The number of carbonyl (C=O) groups excluding carboxylic acids is 3. The van der Waals surface area contributed by atoms with Crippen molar-refractivity contribution >= 4 is 46.1 Å². The van der Waals surface area contributed by atoms with E-state index in [1.807, 2.05) is 37.4 Å². The van der Waals surface area contributed by atoms with Crippen molar-refractivity contribution in [3.8, 4) is 0 Å². The maximum Gasteiger partial charge on any atom is 0.293 e. The van der Waals surface area contributed by atoms with Crippen LogP contribution in [-0.2, 0) is 4.79 Å². The van der Waals surface area contributed by atoms with Crippen molar-refractivity contribution in [1.82, 2.24) is 9.47 Å². The predicted octanol–water partition coefficient (Wildman–Crippen LogP) is 4.42. The first-order chi connectivity index (χ1) is 12.5. The molecule has 1 saturated heterocycles. The fourth-order valence-electron chi connectivity index (χ4n) is 3.32. The van der Waals surface area contributed by atoms with Gasteiger partial charge in [-0.05, 0) is 62.0 Å². The van der Waals surface area contributed by atoms with Gasteiger partial charge in [-0.3, -0.25) is 19.3 Å². The molecule has 134 valence electrons. The summed E-state index contributed by atoms with van der Waals surface area (Å²) in [6.07, 6.45) is 3.99. The Bertz CT molecular complexity index is 936. The number of carbonyl (C=O) groups is 3. The van der Waals surface area contributed by atoms with E-state index in [0.29, 0.717) is 16.5 Å². The molecule has 26 heavy (non-hydrogen) atoms. The standard InChI is InChI=1S/C19H18N2O3S2/c1-11-8-15(12(2)21(11)13-5-6-13)16(22)10-20-18(23)17(26-19(20)24)9-14-4-3-7-25-14/h3-4,7-9,13H,5-6,10H2,1-2H3/b17-9-. The van der Waals surface area contributed by atoms with E-state index in [1.165, 1.54) is 11.3 Å². The van der Waals surface area contributed by atoms with Gasteiger partial charge in [0.2, 0.25) is 0 Å². The lowest BCUT2D eigenvalue weighted by atomic mass is 10.1. The Morgan fingerprint density at radius 2 is 2.08 bits per heavy atom. The Kier molecular flexibility index (Phi) is 4.36. The van der Waals surface area contributed by atoms with Crippen LogP contribution in [0, 0.1) is 13.8 Å². The Hall–Kier alpha value is -2.12. The Morgan fingerprint density at radius 1 is 1.31 bits per heavy atom. The van der Waals surface area contributed by atoms with Crippen molar-refractivity contribution in [3.63, 3.8) is 0 Å². The van der Waals surface area contributed by atoms with E-state index in [4.69, 9.17) is 0 Å². The van der Waals surface area contributed by atoms with Gasteiger partial charge >= 0.3 is 0 Å². The number of nitrogens with zero attached hydrogens (tertiary/aromatic N) is 2. The van der Waals surface area contributed by atoms with Crippen molar-refractivity contribution in [2.24, 2.45) is 0 Å². The van der Waals surface area contributed by atoms with Crippen LogP contribution in [0.4, 0.5) is 4.79 Å². The highest BCUT2D eigenvalue weighted by Crippen LogP contribution is 2.39. The fourth-order valence-corrected chi connectivity index (χ4v) is 4.88. The van der Waals surface area contributed by atoms with E-state index in [0.717, 1.165) is 45.8 Å². The summed E-state index contributed by atoms with van der Waals surface area (Å²) in [6.45, 7) is 3.72. The van der Waals surface area contributed by atoms with Gasteiger partial charge in [-0.15, -0.1) is 11.3 Å². The summed E-state index contributed by atoms with van der Waals surface area (Å²) in [5, 5.41) is 1.53. The van der Waals surface area contributed by atoms with Gasteiger partial charge in [0.15, 0.2) is 5.78 Å². The van der Waals surface area contributed by atoms with Crippen LogP contribution in [0.15, 0.2) is 28.5 Å². The molecule has 1 aliphatic carbocycles. The van der Waals surface area contributed by atoms with E-state index in [-0.39, 0.29) is 17.6 Å². The largest absolute Gasteiger partial charge is 0.345 e. The lowest BCUT2D eigenvalue weighted by Crippen LogP contribution is -2.33. The Balaban J connectivity index is 1.54. The second-order valence-electron chi connectivity index (χ2n) is 6.59. The number of imide groups is 1. The molecule has 0 unspecified atom stereocenters. The highest BCUT2D eigenvalue weighted by molar-refractivity contribution is 8.18. The molecule has 0 bridgehead atoms. The molecule has 2 aromatic rings. The number of amides is 2. The molecule has 1 aliphatic heterocycles. The zero-order valence-corrected chi connectivity index (χ0v) is 16.2. The summed E-state index contributed by atoms with van der Waals surface area (Å²) in [7, 11) is 0. The van der Waals surface area contributed by atoms with Crippen molar-refractivity contribution in [1.29, 1.82) is 0 Å². The SMILES string of the molecule is Cc1cc(C(=O)CN2C(=O)S/C(=C\c3cccs3)C2=O)c(C)n1C1CC1. The summed E-state index contributed by atoms with van der Waals surface area (Å²) in [5.74, 6) is -0.581. The number of hydrogen-bond acceptors (Lipinski definition) is 5. The number of hydrogen-bond donors (Lipinski definition) is 0. The predicted molar refractivity (Wildman–Crippen MR) is 104 cm³/mol. The van der Waals surface area contributed by atoms with Crippen molar-refractivity contribution < 1.29 is 14.4 Å². The van der Waals surface area contributed by atoms with Crippen molar-refractivity contribution in [3.05, 3.63) is 50.3 Å². The molecule has 0 spiro atoms. The second-order valence-corrected chi connectivity index (χ2v) is 8.56. The van der Waals surface area contributed by atoms with Gasteiger partial charge in [-0.25, -0.2) is 0 Å². The minimum Gasteiger partial charge on any atom is -0.345 e. The minimum absolute atomic E-state index is 0.190. The van der Waals surface area contributed by atoms with Crippen LogP contribution in [0.5, 0.6) is 0 Å². The van der Waals surface area contributed by atoms with E-state index in [1.54, 1.807) is 6.08 Å². The zero-order valence-electron chi connectivity index (χ0n) is 14.5. The average molecular weight is 386 g/mol. The van der Waals surface area contributed by atoms with E-state index in [2.05, 4.69) is 4.57 Å². The first kappa shape index (κ1) is 17.3. The monoisotopic (exact) mass is 386 g/mol. The number of aromatic nitrogens is 1. The van der Waals surface area contributed by atoms with E-state index >= 15 is 0 Å². The van der Waals surface area contributed by atoms with Crippen LogP contribution in [0.3, 0.4) is 0 Å². The molecule has 0 N–H and O–H groups in total.